The van der Waals surface area contributed by atoms with E-state index in [4.69, 9.17) is 5.73 Å². The van der Waals surface area contributed by atoms with Gasteiger partial charge in [-0.2, -0.15) is 10.1 Å². The van der Waals surface area contributed by atoms with Gasteiger partial charge in [0.25, 0.3) is 5.91 Å². The normalized spacial score (nSPS) is 19.1. The predicted octanol–water partition coefficient (Wildman–Crippen LogP) is 0.677. The topological polar surface area (TPSA) is 75.8 Å². The van der Waals surface area contributed by atoms with Crippen LogP contribution in [-0.2, 0) is 9.59 Å². The molecule has 1 aromatic carbocycles. The number of hydrogen-bond acceptors (Lipinski definition) is 4. The van der Waals surface area contributed by atoms with E-state index in [9.17, 15) is 9.59 Å². The van der Waals surface area contributed by atoms with Crippen molar-refractivity contribution in [1.82, 2.24) is 0 Å². The number of para-hydroxylation sites is 1. The number of carbonyl (C=O) groups is 2. The van der Waals surface area contributed by atoms with E-state index in [-0.39, 0.29) is 5.84 Å². The summed E-state index contributed by atoms with van der Waals surface area (Å²) in [6.07, 6.45) is 1.08. The quantitative estimate of drug-likeness (QED) is 0.611. The summed E-state index contributed by atoms with van der Waals surface area (Å²) in [5, 5.41) is 5.04. The Hall–Kier alpha value is -2.43. The van der Waals surface area contributed by atoms with Gasteiger partial charge in [-0.25, -0.2) is 0 Å². The fourth-order valence-corrected chi connectivity index (χ4v) is 1.61. The molecule has 1 unspecified atom stereocenters. The highest BCUT2D eigenvalue weighted by Crippen LogP contribution is 2.22. The summed E-state index contributed by atoms with van der Waals surface area (Å²) in [6.45, 7) is 3.34. The molecule has 2 rings (SSSR count). The van der Waals surface area contributed by atoms with Crippen LogP contribution in [-0.4, -0.2) is 17.5 Å². The van der Waals surface area contributed by atoms with E-state index < -0.39 is 17.6 Å². The van der Waals surface area contributed by atoms with E-state index in [1.807, 2.05) is 6.07 Å². The number of amidine groups is 1. The maximum absolute atomic E-state index is 12.0. The Balaban J connectivity index is 2.34. The van der Waals surface area contributed by atoms with Gasteiger partial charge in [-0.15, -0.1) is 0 Å². The molecule has 86 valence electrons. The van der Waals surface area contributed by atoms with Gasteiger partial charge in [0, 0.05) is 0 Å². The SMILES string of the molecule is C=CC(=O)C1C(=O)N(c2ccccc2)N=C1N. The summed E-state index contributed by atoms with van der Waals surface area (Å²) in [5.41, 5.74) is 6.18. The third kappa shape index (κ3) is 1.82. The van der Waals surface area contributed by atoms with Crippen LogP contribution in [0.2, 0.25) is 0 Å². The standard InChI is InChI=1S/C12H11N3O2/c1-2-9(16)10-11(13)14-15(12(10)17)8-6-4-3-5-7-8/h2-7,10H,1H2,(H2,13,14). The summed E-state index contributed by atoms with van der Waals surface area (Å²) in [7, 11) is 0. The van der Waals surface area contributed by atoms with Gasteiger partial charge in [0.15, 0.2) is 11.7 Å². The number of allylic oxidation sites excluding steroid dienone is 1. The third-order valence-electron chi connectivity index (χ3n) is 2.45. The second-order valence-electron chi connectivity index (χ2n) is 3.55. The first kappa shape index (κ1) is 11.1. The Kier molecular flexibility index (Phi) is 2.74. The first-order valence-electron chi connectivity index (χ1n) is 5.04. The van der Waals surface area contributed by atoms with Gasteiger partial charge in [0.2, 0.25) is 0 Å². The lowest BCUT2D eigenvalue weighted by Gasteiger charge is -2.12. The Labute approximate surface area is 98.2 Å². The molecular formula is C12H11N3O2. The molecule has 0 saturated heterocycles. The van der Waals surface area contributed by atoms with Crippen molar-refractivity contribution in [2.75, 3.05) is 5.01 Å². The van der Waals surface area contributed by atoms with Crippen LogP contribution in [0.4, 0.5) is 5.69 Å². The van der Waals surface area contributed by atoms with Crippen molar-refractivity contribution in [1.29, 1.82) is 0 Å². The number of nitrogens with two attached hydrogens (primary N) is 1. The van der Waals surface area contributed by atoms with Crippen molar-refractivity contribution in [3.05, 3.63) is 43.0 Å². The zero-order valence-electron chi connectivity index (χ0n) is 9.04. The number of ketones is 1. The van der Waals surface area contributed by atoms with E-state index in [1.54, 1.807) is 24.3 Å². The van der Waals surface area contributed by atoms with E-state index in [1.165, 1.54) is 0 Å². The summed E-state index contributed by atoms with van der Waals surface area (Å²) < 4.78 is 0. The number of rotatable bonds is 3. The number of nitrogens with zero attached hydrogens (tertiary/aromatic N) is 2. The van der Waals surface area contributed by atoms with Gasteiger partial charge in [-0.05, 0) is 18.2 Å². The fourth-order valence-electron chi connectivity index (χ4n) is 1.61. The Bertz CT molecular complexity index is 508. The van der Waals surface area contributed by atoms with Crippen LogP contribution in [0.25, 0.3) is 0 Å². The molecule has 1 aliphatic rings. The lowest BCUT2D eigenvalue weighted by atomic mass is 10.0. The molecule has 0 aromatic heterocycles. The Morgan fingerprint density at radius 1 is 1.41 bits per heavy atom. The number of hydrazone groups is 1. The Morgan fingerprint density at radius 3 is 2.65 bits per heavy atom. The summed E-state index contributed by atoms with van der Waals surface area (Å²) in [4.78, 5) is 23.5. The highest BCUT2D eigenvalue weighted by atomic mass is 16.2. The highest BCUT2D eigenvalue weighted by molar-refractivity contribution is 6.28. The number of anilines is 1. The molecule has 0 spiro atoms. The van der Waals surface area contributed by atoms with Crippen molar-refractivity contribution in [3.8, 4) is 0 Å². The summed E-state index contributed by atoms with van der Waals surface area (Å²) in [6, 6.07) is 8.81. The Morgan fingerprint density at radius 2 is 2.06 bits per heavy atom. The largest absolute Gasteiger partial charge is 0.385 e. The minimum absolute atomic E-state index is 0.00348. The fraction of sp³-hybridized carbons (Fsp3) is 0.0833. The van der Waals surface area contributed by atoms with Gasteiger partial charge in [0.05, 0.1) is 5.69 Å². The molecule has 2 N–H and O–H groups in total. The van der Waals surface area contributed by atoms with Crippen molar-refractivity contribution in [3.63, 3.8) is 0 Å². The van der Waals surface area contributed by atoms with Crippen molar-refractivity contribution in [2.24, 2.45) is 16.8 Å². The number of benzene rings is 1. The number of hydrogen-bond donors (Lipinski definition) is 1. The van der Waals surface area contributed by atoms with Crippen LogP contribution in [0, 0.1) is 5.92 Å². The lowest BCUT2D eigenvalue weighted by molar-refractivity contribution is -0.126. The van der Waals surface area contributed by atoms with Crippen LogP contribution < -0.4 is 10.7 Å². The van der Waals surface area contributed by atoms with Gasteiger partial charge >= 0.3 is 0 Å². The van der Waals surface area contributed by atoms with E-state index in [2.05, 4.69) is 11.7 Å². The van der Waals surface area contributed by atoms with E-state index in [0.717, 1.165) is 11.1 Å². The van der Waals surface area contributed by atoms with Gasteiger partial charge < -0.3 is 5.73 Å². The monoisotopic (exact) mass is 229 g/mol. The molecule has 1 heterocycles. The minimum atomic E-state index is -1.03. The van der Waals surface area contributed by atoms with Crippen molar-refractivity contribution >= 4 is 23.2 Å². The van der Waals surface area contributed by atoms with Gasteiger partial charge in [-0.1, -0.05) is 24.8 Å². The first-order valence-corrected chi connectivity index (χ1v) is 5.04. The molecule has 1 amide bonds. The zero-order chi connectivity index (χ0) is 12.4. The van der Waals surface area contributed by atoms with Crippen LogP contribution in [0.1, 0.15) is 0 Å². The summed E-state index contributed by atoms with van der Waals surface area (Å²) in [5.74, 6) is -1.91. The van der Waals surface area contributed by atoms with Gasteiger partial charge in [0.1, 0.15) is 5.84 Å². The van der Waals surface area contributed by atoms with E-state index in [0.29, 0.717) is 5.69 Å². The molecule has 5 heteroatoms. The molecule has 1 atom stereocenters. The molecule has 0 radical (unpaired) electrons. The predicted molar refractivity (Wildman–Crippen MR) is 64.2 cm³/mol. The van der Waals surface area contributed by atoms with Crippen molar-refractivity contribution in [2.45, 2.75) is 0 Å². The van der Waals surface area contributed by atoms with Crippen LogP contribution in [0.5, 0.6) is 0 Å². The minimum Gasteiger partial charge on any atom is -0.385 e. The van der Waals surface area contributed by atoms with Crippen LogP contribution in [0.3, 0.4) is 0 Å². The average molecular weight is 229 g/mol. The van der Waals surface area contributed by atoms with Gasteiger partial charge in [-0.3, -0.25) is 9.59 Å². The van der Waals surface area contributed by atoms with Crippen molar-refractivity contribution < 1.29 is 9.59 Å². The smallest absolute Gasteiger partial charge is 0.266 e. The maximum atomic E-state index is 12.0. The molecule has 0 aliphatic carbocycles. The molecule has 17 heavy (non-hydrogen) atoms. The second kappa shape index (κ2) is 4.21. The third-order valence-corrected chi connectivity index (χ3v) is 2.45. The van der Waals surface area contributed by atoms with E-state index >= 15 is 0 Å². The lowest BCUT2D eigenvalue weighted by Crippen LogP contribution is -2.35. The molecule has 5 nitrogen and oxygen atoms in total. The molecule has 0 bridgehead atoms. The molecule has 1 aliphatic heterocycles. The average Bonchev–Trinajstić information content (AvgIpc) is 2.65. The second-order valence-corrected chi connectivity index (χ2v) is 3.55. The number of amides is 1. The first-order chi connectivity index (χ1) is 8.15. The van der Waals surface area contributed by atoms with Crippen LogP contribution in [0.15, 0.2) is 48.1 Å². The summed E-state index contributed by atoms with van der Waals surface area (Å²) >= 11 is 0. The number of carbonyl (C=O) groups excluding carboxylic acids is 2. The van der Waals surface area contributed by atoms with Crippen LogP contribution >= 0.6 is 0 Å². The molecule has 0 saturated carbocycles. The molecule has 1 aromatic rings. The molecule has 0 fully saturated rings. The maximum Gasteiger partial charge on any atom is 0.266 e. The highest BCUT2D eigenvalue weighted by Gasteiger charge is 2.39. The molecular weight excluding hydrogens is 218 g/mol. The zero-order valence-corrected chi connectivity index (χ0v) is 9.04.